The number of hydrogen-bond donors (Lipinski definition) is 2. The van der Waals surface area contributed by atoms with Gasteiger partial charge < -0.3 is 5.32 Å². The molecule has 2 aromatic carbocycles. The Balaban J connectivity index is 1.61. The predicted molar refractivity (Wildman–Crippen MR) is 109 cm³/mol. The van der Waals surface area contributed by atoms with E-state index in [9.17, 15) is 17.6 Å². The van der Waals surface area contributed by atoms with Gasteiger partial charge in [0.05, 0.1) is 16.8 Å². The summed E-state index contributed by atoms with van der Waals surface area (Å²) in [7, 11) is 0. The van der Waals surface area contributed by atoms with E-state index in [0.29, 0.717) is 27.6 Å². The van der Waals surface area contributed by atoms with Crippen molar-refractivity contribution in [1.82, 2.24) is 5.43 Å². The van der Waals surface area contributed by atoms with Gasteiger partial charge in [-0.3, -0.25) is 5.43 Å². The third-order valence-electron chi connectivity index (χ3n) is 3.70. The van der Waals surface area contributed by atoms with Crippen molar-refractivity contribution < 1.29 is 17.6 Å². The summed E-state index contributed by atoms with van der Waals surface area (Å²) >= 11 is 12.9. The first kappa shape index (κ1) is 20.6. The molecule has 146 valence electrons. The lowest BCUT2D eigenvalue weighted by atomic mass is 10.1. The van der Waals surface area contributed by atoms with Gasteiger partial charge in [0.15, 0.2) is 5.11 Å². The molecular weight excluding hydrogens is 434 g/mol. The van der Waals surface area contributed by atoms with Gasteiger partial charge in [-0.1, -0.05) is 11.6 Å². The van der Waals surface area contributed by atoms with Crippen molar-refractivity contribution >= 4 is 57.6 Å². The van der Waals surface area contributed by atoms with Crippen LogP contribution >= 0.6 is 35.6 Å². The lowest BCUT2D eigenvalue weighted by Gasteiger charge is -2.17. The van der Waals surface area contributed by atoms with Crippen molar-refractivity contribution in [3.63, 3.8) is 0 Å². The summed E-state index contributed by atoms with van der Waals surface area (Å²) < 4.78 is 51.1. The number of alkyl halides is 3. The first-order valence-electron chi connectivity index (χ1n) is 7.83. The summed E-state index contributed by atoms with van der Waals surface area (Å²) in [6, 6.07) is 8.85. The van der Waals surface area contributed by atoms with E-state index in [-0.39, 0.29) is 10.9 Å². The van der Waals surface area contributed by atoms with Gasteiger partial charge in [0.25, 0.3) is 0 Å². The number of halogens is 5. The molecule has 0 aliphatic carbocycles. The molecule has 0 aromatic heterocycles. The second-order valence-electron chi connectivity index (χ2n) is 5.67. The van der Waals surface area contributed by atoms with E-state index in [1.54, 1.807) is 6.07 Å². The molecule has 0 spiro atoms. The van der Waals surface area contributed by atoms with E-state index in [0.717, 1.165) is 17.0 Å². The zero-order valence-electron chi connectivity index (χ0n) is 14.0. The van der Waals surface area contributed by atoms with Crippen LogP contribution in [0, 0.1) is 5.82 Å². The summed E-state index contributed by atoms with van der Waals surface area (Å²) in [5.41, 5.74) is 3.50. The number of thiocarbonyl (C=S) groups is 1. The molecule has 2 N–H and O–H groups in total. The fraction of sp³-hybridized carbons (Fsp3) is 0.111. The van der Waals surface area contributed by atoms with Crippen molar-refractivity contribution in [1.29, 1.82) is 0 Å². The highest BCUT2D eigenvalue weighted by molar-refractivity contribution is 7.99. The zero-order valence-corrected chi connectivity index (χ0v) is 16.4. The van der Waals surface area contributed by atoms with E-state index in [2.05, 4.69) is 15.8 Å². The molecule has 28 heavy (non-hydrogen) atoms. The Morgan fingerprint density at radius 1 is 1.18 bits per heavy atom. The smallest absolute Gasteiger partial charge is 0.331 e. The quantitative estimate of drug-likeness (QED) is 0.268. The van der Waals surface area contributed by atoms with Crippen LogP contribution in [0.1, 0.15) is 11.1 Å². The lowest BCUT2D eigenvalue weighted by Crippen LogP contribution is -2.24. The van der Waals surface area contributed by atoms with Crippen molar-refractivity contribution in [2.24, 2.45) is 5.10 Å². The van der Waals surface area contributed by atoms with E-state index in [1.165, 1.54) is 42.2 Å². The fourth-order valence-electron chi connectivity index (χ4n) is 2.36. The molecule has 1 aliphatic rings. The SMILES string of the molecule is Fc1ccc2c(c1)C(Cl)=C(/C=N/NC(=S)Nc1ccc(C(F)(F)F)cc1)CS2. The van der Waals surface area contributed by atoms with Gasteiger partial charge in [0.1, 0.15) is 5.82 Å². The largest absolute Gasteiger partial charge is 0.416 e. The first-order valence-corrected chi connectivity index (χ1v) is 9.60. The number of benzene rings is 2. The first-order chi connectivity index (χ1) is 13.2. The van der Waals surface area contributed by atoms with Gasteiger partial charge in [-0.25, -0.2) is 4.39 Å². The highest BCUT2D eigenvalue weighted by Crippen LogP contribution is 2.38. The van der Waals surface area contributed by atoms with Crippen LogP contribution in [0.3, 0.4) is 0 Å². The van der Waals surface area contributed by atoms with Gasteiger partial charge >= 0.3 is 6.18 Å². The third kappa shape index (κ3) is 5.03. The molecule has 0 bridgehead atoms. The number of thioether (sulfide) groups is 1. The Morgan fingerprint density at radius 3 is 2.57 bits per heavy atom. The van der Waals surface area contributed by atoms with E-state index in [4.69, 9.17) is 23.8 Å². The number of rotatable bonds is 3. The van der Waals surface area contributed by atoms with Crippen molar-refractivity contribution in [2.75, 3.05) is 11.1 Å². The molecule has 3 nitrogen and oxygen atoms in total. The molecule has 0 saturated carbocycles. The number of hydrogen-bond acceptors (Lipinski definition) is 3. The number of anilines is 1. The summed E-state index contributed by atoms with van der Waals surface area (Å²) in [6.45, 7) is 0. The average Bonchev–Trinajstić information content (AvgIpc) is 2.64. The molecule has 1 heterocycles. The van der Waals surface area contributed by atoms with E-state index in [1.807, 2.05) is 0 Å². The molecule has 3 rings (SSSR count). The van der Waals surface area contributed by atoms with E-state index < -0.39 is 11.7 Å². The highest BCUT2D eigenvalue weighted by atomic mass is 35.5. The highest BCUT2D eigenvalue weighted by Gasteiger charge is 2.29. The van der Waals surface area contributed by atoms with Crippen LogP contribution < -0.4 is 10.7 Å². The Labute approximate surface area is 172 Å². The normalized spacial score (nSPS) is 14.2. The number of nitrogens with zero attached hydrogens (tertiary/aromatic N) is 1. The molecule has 0 saturated heterocycles. The molecule has 0 fully saturated rings. The minimum Gasteiger partial charge on any atom is -0.331 e. The van der Waals surface area contributed by atoms with Gasteiger partial charge in [0, 0.05) is 27.5 Å². The van der Waals surface area contributed by atoms with Gasteiger partial charge in [0.2, 0.25) is 0 Å². The second kappa shape index (κ2) is 8.50. The predicted octanol–water partition coefficient (Wildman–Crippen LogP) is 5.87. The Bertz CT molecular complexity index is 956. The third-order valence-corrected chi connectivity index (χ3v) is 5.46. The summed E-state index contributed by atoms with van der Waals surface area (Å²) in [5.74, 6) is 0.178. The van der Waals surface area contributed by atoms with Crippen LogP contribution in [-0.4, -0.2) is 17.1 Å². The maximum absolute atomic E-state index is 13.4. The summed E-state index contributed by atoms with van der Waals surface area (Å²) in [4.78, 5) is 0.885. The maximum Gasteiger partial charge on any atom is 0.416 e. The molecule has 1 aliphatic heterocycles. The molecule has 0 amide bonds. The van der Waals surface area contributed by atoms with Gasteiger partial charge in [-0.05, 0) is 54.7 Å². The summed E-state index contributed by atoms with van der Waals surface area (Å²) in [6.07, 6.45) is -2.92. The molecule has 0 radical (unpaired) electrons. The van der Waals surface area contributed by atoms with Gasteiger partial charge in [-0.15, -0.1) is 11.8 Å². The zero-order chi connectivity index (χ0) is 20.3. The monoisotopic (exact) mass is 445 g/mol. The van der Waals surface area contributed by atoms with Gasteiger partial charge in [-0.2, -0.15) is 18.3 Å². The van der Waals surface area contributed by atoms with Crippen LogP contribution in [0.15, 0.2) is 58.0 Å². The number of fused-ring (bicyclic) bond motifs is 1. The molecular formula is C18H12ClF4N3S2. The molecule has 0 atom stereocenters. The number of hydrazone groups is 1. The number of nitrogens with one attached hydrogen (secondary N) is 2. The van der Waals surface area contributed by atoms with Crippen LogP contribution in [0.25, 0.3) is 5.03 Å². The molecule has 2 aromatic rings. The lowest BCUT2D eigenvalue weighted by molar-refractivity contribution is -0.137. The van der Waals surface area contributed by atoms with Crippen LogP contribution in [0.4, 0.5) is 23.2 Å². The summed E-state index contributed by atoms with van der Waals surface area (Å²) in [5, 5.41) is 7.22. The minimum absolute atomic E-state index is 0.0997. The van der Waals surface area contributed by atoms with E-state index >= 15 is 0 Å². The standard InChI is InChI=1S/C18H12ClF4N3S2/c19-16-10(9-28-15-6-3-12(20)7-14(15)16)8-24-26-17(27)25-13-4-1-11(2-5-13)18(21,22)23/h1-8H,9H2,(H2,25,26,27)/b24-8+. The Morgan fingerprint density at radius 2 is 1.89 bits per heavy atom. The Kier molecular flexibility index (Phi) is 6.26. The van der Waals surface area contributed by atoms with Crippen molar-refractivity contribution in [3.8, 4) is 0 Å². The second-order valence-corrected chi connectivity index (χ2v) is 7.47. The molecule has 10 heteroatoms. The Hall–Kier alpha value is -2.10. The minimum atomic E-state index is -4.39. The van der Waals surface area contributed by atoms with Crippen molar-refractivity contribution in [2.45, 2.75) is 11.1 Å². The maximum atomic E-state index is 13.4. The topological polar surface area (TPSA) is 36.4 Å². The van der Waals surface area contributed by atoms with Crippen LogP contribution in [0.5, 0.6) is 0 Å². The fourth-order valence-corrected chi connectivity index (χ4v) is 3.94. The van der Waals surface area contributed by atoms with Crippen LogP contribution in [-0.2, 0) is 6.18 Å². The molecule has 0 unspecified atom stereocenters. The van der Waals surface area contributed by atoms with Crippen LogP contribution in [0.2, 0.25) is 0 Å². The van der Waals surface area contributed by atoms with Crippen molar-refractivity contribution in [3.05, 3.63) is 65.0 Å². The average molecular weight is 446 g/mol.